The van der Waals surface area contributed by atoms with Crippen LogP contribution in [0, 0.1) is 6.92 Å². The second-order valence-electron chi connectivity index (χ2n) is 6.79. The van der Waals surface area contributed by atoms with Gasteiger partial charge >= 0.3 is 0 Å². The summed E-state index contributed by atoms with van der Waals surface area (Å²) < 4.78 is 25.2. The maximum Gasteiger partial charge on any atom is 0.253 e. The van der Waals surface area contributed by atoms with Gasteiger partial charge in [0.15, 0.2) is 0 Å². The number of primary sulfonamides is 1. The van der Waals surface area contributed by atoms with Gasteiger partial charge < -0.3 is 4.90 Å². The lowest BCUT2D eigenvalue weighted by Crippen LogP contribution is -2.39. The molecule has 0 bridgehead atoms. The van der Waals surface area contributed by atoms with Crippen molar-refractivity contribution in [2.75, 3.05) is 13.1 Å². The van der Waals surface area contributed by atoms with Crippen molar-refractivity contribution in [3.63, 3.8) is 0 Å². The highest BCUT2D eigenvalue weighted by atomic mass is 32.2. The number of nitrogens with zero attached hydrogens (tertiary/aromatic N) is 3. The molecule has 1 aliphatic rings. The Morgan fingerprint density at radius 1 is 1.37 bits per heavy atom. The fourth-order valence-corrected chi connectivity index (χ4v) is 5.14. The molecule has 142 valence electrons. The minimum Gasteiger partial charge on any atom is -0.338 e. The van der Waals surface area contributed by atoms with Crippen LogP contribution in [0.1, 0.15) is 40.6 Å². The van der Waals surface area contributed by atoms with Crippen molar-refractivity contribution >= 4 is 32.1 Å². The van der Waals surface area contributed by atoms with Gasteiger partial charge in [-0.25, -0.2) is 18.5 Å². The molecule has 0 aliphatic carbocycles. The van der Waals surface area contributed by atoms with Gasteiger partial charge in [-0.1, -0.05) is 6.07 Å². The van der Waals surface area contributed by atoms with E-state index in [4.69, 9.17) is 10.1 Å². The highest BCUT2D eigenvalue weighted by Crippen LogP contribution is 2.32. The van der Waals surface area contributed by atoms with Crippen molar-refractivity contribution in [2.24, 2.45) is 5.14 Å². The van der Waals surface area contributed by atoms with Gasteiger partial charge in [0.25, 0.3) is 5.91 Å². The third kappa shape index (κ3) is 3.38. The maximum atomic E-state index is 12.9. The number of imidazole rings is 1. The van der Waals surface area contributed by atoms with Crippen molar-refractivity contribution in [3.05, 3.63) is 52.9 Å². The highest BCUT2D eigenvalue weighted by Gasteiger charge is 2.29. The van der Waals surface area contributed by atoms with Crippen LogP contribution in [0.3, 0.4) is 0 Å². The number of rotatable bonds is 3. The Labute approximate surface area is 161 Å². The van der Waals surface area contributed by atoms with Gasteiger partial charge in [-0.2, -0.15) is 0 Å². The Morgan fingerprint density at radius 3 is 2.96 bits per heavy atom. The molecule has 2 aromatic heterocycles. The minimum atomic E-state index is -3.84. The van der Waals surface area contributed by atoms with Crippen molar-refractivity contribution < 1.29 is 13.2 Å². The summed E-state index contributed by atoms with van der Waals surface area (Å²) in [6, 6.07) is 5.91. The number of carbonyl (C=O) groups excluding carboxylic acids is 1. The molecule has 7 nitrogen and oxygen atoms in total. The summed E-state index contributed by atoms with van der Waals surface area (Å²) in [6.07, 6.45) is 3.87. The number of likely N-dealkylation sites (tertiary alicyclic amines) is 1. The first-order valence-electron chi connectivity index (χ1n) is 8.69. The van der Waals surface area contributed by atoms with Crippen LogP contribution in [-0.2, 0) is 10.0 Å². The summed E-state index contributed by atoms with van der Waals surface area (Å²) in [4.78, 5) is 20.5. The Bertz CT molecular complexity index is 1120. The normalized spacial score (nSPS) is 18.1. The van der Waals surface area contributed by atoms with E-state index in [0.717, 1.165) is 29.2 Å². The molecule has 1 atom stereocenters. The fraction of sp³-hybridized carbons (Fsp3) is 0.333. The van der Waals surface area contributed by atoms with Gasteiger partial charge in [0.2, 0.25) is 10.0 Å². The van der Waals surface area contributed by atoms with Crippen LogP contribution in [0.15, 0.2) is 40.7 Å². The van der Waals surface area contributed by atoms with Crippen LogP contribution in [0.5, 0.6) is 0 Å². The van der Waals surface area contributed by atoms with Crippen LogP contribution in [0.25, 0.3) is 4.83 Å². The maximum absolute atomic E-state index is 12.9. The molecular formula is C18H20N4O3S2. The molecule has 0 radical (unpaired) electrons. The monoisotopic (exact) mass is 404 g/mol. The molecule has 3 aromatic rings. The summed E-state index contributed by atoms with van der Waals surface area (Å²) in [5.41, 5.74) is 1.38. The zero-order valence-corrected chi connectivity index (χ0v) is 16.5. The third-order valence-electron chi connectivity index (χ3n) is 4.96. The predicted octanol–water partition coefficient (Wildman–Crippen LogP) is 2.37. The first kappa shape index (κ1) is 18.1. The Balaban J connectivity index is 1.60. The number of hydrogen-bond donors (Lipinski definition) is 1. The van der Waals surface area contributed by atoms with E-state index in [0.29, 0.717) is 18.7 Å². The van der Waals surface area contributed by atoms with Crippen molar-refractivity contribution in [2.45, 2.75) is 30.6 Å². The Kier molecular flexibility index (Phi) is 4.53. The number of carbonyl (C=O) groups is 1. The van der Waals surface area contributed by atoms with Gasteiger partial charge in [-0.15, -0.1) is 11.3 Å². The number of aromatic nitrogens is 2. The van der Waals surface area contributed by atoms with Gasteiger partial charge in [0.05, 0.1) is 10.6 Å². The van der Waals surface area contributed by atoms with E-state index in [2.05, 4.69) is 4.40 Å². The topological polar surface area (TPSA) is 97.8 Å². The lowest BCUT2D eigenvalue weighted by molar-refractivity contribution is 0.0706. The average molecular weight is 405 g/mol. The first-order chi connectivity index (χ1) is 12.8. The fourth-order valence-electron chi connectivity index (χ4n) is 3.63. The van der Waals surface area contributed by atoms with E-state index in [9.17, 15) is 13.2 Å². The van der Waals surface area contributed by atoms with Gasteiger partial charge in [-0.05, 0) is 38.0 Å². The van der Waals surface area contributed by atoms with E-state index < -0.39 is 10.0 Å². The molecule has 1 saturated heterocycles. The van der Waals surface area contributed by atoms with Crippen LogP contribution in [-0.4, -0.2) is 41.7 Å². The molecule has 4 rings (SSSR count). The summed E-state index contributed by atoms with van der Waals surface area (Å²) in [6.45, 7) is 3.20. The van der Waals surface area contributed by atoms with Crippen LogP contribution < -0.4 is 5.14 Å². The molecule has 1 aliphatic heterocycles. The standard InChI is InChI=1S/C18H20N4O3S2/c1-12-20-16(18-22(12)8-9-26-18)14-5-3-7-21(11-14)17(23)13-4-2-6-15(10-13)27(19,24)25/h2,4,6,8-10,14H,3,5,7,11H2,1H3,(H2,19,24,25). The van der Waals surface area contributed by atoms with E-state index in [1.807, 2.05) is 18.5 Å². The Morgan fingerprint density at radius 2 is 2.19 bits per heavy atom. The Hall–Kier alpha value is -2.23. The number of fused-ring (bicyclic) bond motifs is 1. The molecule has 0 spiro atoms. The molecule has 1 amide bonds. The van der Waals surface area contributed by atoms with E-state index in [-0.39, 0.29) is 16.7 Å². The van der Waals surface area contributed by atoms with Crippen LogP contribution in [0.4, 0.5) is 0 Å². The van der Waals surface area contributed by atoms with Crippen LogP contribution in [0.2, 0.25) is 0 Å². The lowest BCUT2D eigenvalue weighted by Gasteiger charge is -2.32. The second-order valence-corrected chi connectivity index (χ2v) is 9.24. The SMILES string of the molecule is Cc1nc(C2CCCN(C(=O)c3cccc(S(N)(=O)=O)c3)C2)c2sccn12. The summed E-state index contributed by atoms with van der Waals surface area (Å²) >= 11 is 1.66. The zero-order chi connectivity index (χ0) is 19.2. The third-order valence-corrected chi connectivity index (χ3v) is 6.76. The lowest BCUT2D eigenvalue weighted by atomic mass is 9.94. The number of thiazole rings is 1. The van der Waals surface area contributed by atoms with Crippen molar-refractivity contribution in [1.29, 1.82) is 0 Å². The average Bonchev–Trinajstić information content (AvgIpc) is 3.25. The summed E-state index contributed by atoms with van der Waals surface area (Å²) in [5.74, 6) is 0.945. The number of nitrogens with two attached hydrogens (primary N) is 1. The molecule has 1 fully saturated rings. The highest BCUT2D eigenvalue weighted by molar-refractivity contribution is 7.89. The van der Waals surface area contributed by atoms with Gasteiger partial charge in [0, 0.05) is 36.1 Å². The van der Waals surface area contributed by atoms with Crippen molar-refractivity contribution in [3.8, 4) is 0 Å². The molecule has 2 N–H and O–H groups in total. The smallest absolute Gasteiger partial charge is 0.253 e. The zero-order valence-electron chi connectivity index (χ0n) is 14.8. The molecule has 9 heteroatoms. The molecule has 1 unspecified atom stereocenters. The largest absolute Gasteiger partial charge is 0.338 e. The predicted molar refractivity (Wildman–Crippen MR) is 103 cm³/mol. The molecule has 3 heterocycles. The van der Waals surface area contributed by atoms with Gasteiger partial charge in [0.1, 0.15) is 10.7 Å². The minimum absolute atomic E-state index is 0.0491. The number of aryl methyl sites for hydroxylation is 1. The molecular weight excluding hydrogens is 384 g/mol. The van der Waals surface area contributed by atoms with Crippen LogP contribution >= 0.6 is 11.3 Å². The quantitative estimate of drug-likeness (QED) is 0.725. The van der Waals surface area contributed by atoms with Gasteiger partial charge in [-0.3, -0.25) is 9.20 Å². The van der Waals surface area contributed by atoms with E-state index >= 15 is 0 Å². The van der Waals surface area contributed by atoms with E-state index in [1.165, 1.54) is 12.1 Å². The summed E-state index contributed by atoms with van der Waals surface area (Å²) in [7, 11) is -3.84. The number of amides is 1. The molecule has 27 heavy (non-hydrogen) atoms. The molecule has 1 aromatic carbocycles. The second kappa shape index (κ2) is 6.74. The number of hydrogen-bond acceptors (Lipinski definition) is 5. The number of benzene rings is 1. The van der Waals surface area contributed by atoms with Crippen molar-refractivity contribution in [1.82, 2.24) is 14.3 Å². The summed E-state index contributed by atoms with van der Waals surface area (Å²) in [5, 5.41) is 7.22. The molecule has 0 saturated carbocycles. The first-order valence-corrected chi connectivity index (χ1v) is 11.1. The number of sulfonamides is 1. The number of piperidine rings is 1. The van der Waals surface area contributed by atoms with E-state index in [1.54, 1.807) is 28.4 Å².